The number of hydrogen-bond acceptors (Lipinski definition) is 1. The molecule has 1 aromatic heterocycles. The van der Waals surface area contributed by atoms with Crippen molar-refractivity contribution in [1.29, 1.82) is 0 Å². The minimum Gasteiger partial charge on any atom is -0.484 e. The first-order valence-corrected chi connectivity index (χ1v) is 5.87. The molecule has 3 aromatic rings. The Morgan fingerprint density at radius 1 is 1.00 bits per heavy atom. The van der Waals surface area contributed by atoms with Crippen LogP contribution < -0.4 is 4.74 Å². The minimum atomic E-state index is -0.398. The number of rotatable bonds is 3. The van der Waals surface area contributed by atoms with Crippen LogP contribution in [0.2, 0.25) is 0 Å². The zero-order valence-electron chi connectivity index (χ0n) is 9.99. The fourth-order valence-electron chi connectivity index (χ4n) is 1.95. The smallest absolute Gasteiger partial charge is 0.165 e. The first-order chi connectivity index (χ1) is 9.22. The van der Waals surface area contributed by atoms with Crippen LogP contribution in [-0.2, 0) is 6.61 Å². The van der Waals surface area contributed by atoms with E-state index < -0.39 is 5.82 Å². The topological polar surface area (TPSA) is 25.0 Å². The molecule has 0 saturated carbocycles. The Morgan fingerprint density at radius 3 is 2.68 bits per heavy atom. The summed E-state index contributed by atoms with van der Waals surface area (Å²) in [6.07, 6.45) is 0. The van der Waals surface area contributed by atoms with Gasteiger partial charge in [0.05, 0.1) is 5.69 Å². The van der Waals surface area contributed by atoms with Crippen LogP contribution in [0.15, 0.2) is 48.5 Å². The number of nitrogens with one attached hydrogen (secondary N) is 1. The molecule has 0 atom stereocenters. The summed E-state index contributed by atoms with van der Waals surface area (Å²) >= 11 is 0. The van der Waals surface area contributed by atoms with Gasteiger partial charge in [-0.15, -0.1) is 0 Å². The number of para-hydroxylation sites is 1. The number of benzene rings is 2. The van der Waals surface area contributed by atoms with E-state index in [0.29, 0.717) is 5.52 Å². The summed E-state index contributed by atoms with van der Waals surface area (Å²) in [6, 6.07) is 12.6. The molecule has 0 bridgehead atoms. The van der Waals surface area contributed by atoms with E-state index in [9.17, 15) is 8.78 Å². The number of aromatic nitrogens is 1. The maximum absolute atomic E-state index is 13.4. The van der Waals surface area contributed by atoms with Crippen LogP contribution in [0.4, 0.5) is 8.78 Å². The highest BCUT2D eigenvalue weighted by atomic mass is 19.1. The van der Waals surface area contributed by atoms with Crippen molar-refractivity contribution in [2.24, 2.45) is 0 Å². The highest BCUT2D eigenvalue weighted by Crippen LogP contribution is 2.20. The van der Waals surface area contributed by atoms with Crippen molar-refractivity contribution in [2.75, 3.05) is 0 Å². The zero-order chi connectivity index (χ0) is 13.2. The molecule has 0 amide bonds. The summed E-state index contributed by atoms with van der Waals surface area (Å²) in [4.78, 5) is 3.04. The molecule has 2 nitrogen and oxygen atoms in total. The van der Waals surface area contributed by atoms with Gasteiger partial charge in [-0.2, -0.15) is 0 Å². The summed E-state index contributed by atoms with van der Waals surface area (Å²) in [5.74, 6) is -0.493. The van der Waals surface area contributed by atoms with Crippen LogP contribution in [0.3, 0.4) is 0 Å². The summed E-state index contributed by atoms with van der Waals surface area (Å²) in [6.45, 7) is 0.206. The maximum Gasteiger partial charge on any atom is 0.165 e. The SMILES string of the molecule is Fc1ccc2cc(COc3ccccc3F)[nH]c2c1. The van der Waals surface area contributed by atoms with Crippen molar-refractivity contribution in [1.82, 2.24) is 4.98 Å². The van der Waals surface area contributed by atoms with Gasteiger partial charge < -0.3 is 9.72 Å². The second-order valence-corrected chi connectivity index (χ2v) is 4.25. The summed E-state index contributed by atoms with van der Waals surface area (Å²) in [7, 11) is 0. The molecule has 3 rings (SSSR count). The molecule has 0 fully saturated rings. The summed E-state index contributed by atoms with van der Waals surface area (Å²) in [5, 5.41) is 0.897. The lowest BCUT2D eigenvalue weighted by Gasteiger charge is -2.05. The van der Waals surface area contributed by atoms with Crippen LogP contribution in [0.25, 0.3) is 10.9 Å². The van der Waals surface area contributed by atoms with Crippen LogP contribution in [0.5, 0.6) is 5.75 Å². The second-order valence-electron chi connectivity index (χ2n) is 4.25. The van der Waals surface area contributed by atoms with E-state index in [-0.39, 0.29) is 18.2 Å². The average Bonchev–Trinajstić information content (AvgIpc) is 2.79. The van der Waals surface area contributed by atoms with E-state index in [4.69, 9.17) is 4.74 Å². The third-order valence-corrected chi connectivity index (χ3v) is 2.86. The van der Waals surface area contributed by atoms with Gasteiger partial charge in [0.2, 0.25) is 0 Å². The van der Waals surface area contributed by atoms with Gasteiger partial charge in [0, 0.05) is 5.52 Å². The molecule has 0 spiro atoms. The first-order valence-electron chi connectivity index (χ1n) is 5.87. The normalized spacial score (nSPS) is 10.8. The van der Waals surface area contributed by atoms with Crippen LogP contribution in [0, 0.1) is 11.6 Å². The maximum atomic E-state index is 13.4. The second kappa shape index (κ2) is 4.72. The quantitative estimate of drug-likeness (QED) is 0.754. The van der Waals surface area contributed by atoms with Gasteiger partial charge in [0.1, 0.15) is 12.4 Å². The van der Waals surface area contributed by atoms with E-state index in [1.807, 2.05) is 6.07 Å². The Hall–Kier alpha value is -2.36. The minimum absolute atomic E-state index is 0.201. The number of fused-ring (bicyclic) bond motifs is 1. The molecule has 19 heavy (non-hydrogen) atoms. The fraction of sp³-hybridized carbons (Fsp3) is 0.0667. The number of halogens is 2. The summed E-state index contributed by atoms with van der Waals surface area (Å²) in [5.41, 5.74) is 1.47. The van der Waals surface area contributed by atoms with E-state index in [1.54, 1.807) is 24.3 Å². The monoisotopic (exact) mass is 259 g/mol. The van der Waals surface area contributed by atoms with Crippen LogP contribution in [0.1, 0.15) is 5.69 Å². The lowest BCUT2D eigenvalue weighted by molar-refractivity contribution is 0.287. The van der Waals surface area contributed by atoms with Crippen molar-refractivity contribution in [2.45, 2.75) is 6.61 Å². The number of aromatic amines is 1. The Labute approximate surface area is 108 Å². The summed E-state index contributed by atoms with van der Waals surface area (Å²) < 4.78 is 31.8. The largest absolute Gasteiger partial charge is 0.484 e. The van der Waals surface area contributed by atoms with E-state index in [1.165, 1.54) is 18.2 Å². The van der Waals surface area contributed by atoms with Crippen LogP contribution in [-0.4, -0.2) is 4.98 Å². The van der Waals surface area contributed by atoms with E-state index in [0.717, 1.165) is 11.1 Å². The Morgan fingerprint density at radius 2 is 1.84 bits per heavy atom. The third kappa shape index (κ3) is 2.42. The molecule has 0 aliphatic heterocycles. The van der Waals surface area contributed by atoms with Gasteiger partial charge in [-0.25, -0.2) is 8.78 Å². The van der Waals surface area contributed by atoms with Crippen molar-refractivity contribution >= 4 is 10.9 Å². The van der Waals surface area contributed by atoms with Crippen molar-refractivity contribution < 1.29 is 13.5 Å². The van der Waals surface area contributed by atoms with Crippen molar-refractivity contribution in [3.05, 3.63) is 65.9 Å². The van der Waals surface area contributed by atoms with Crippen LogP contribution >= 0.6 is 0 Å². The highest BCUT2D eigenvalue weighted by Gasteiger charge is 2.05. The molecule has 0 aliphatic rings. The van der Waals surface area contributed by atoms with Gasteiger partial charge >= 0.3 is 0 Å². The van der Waals surface area contributed by atoms with Gasteiger partial charge in [-0.1, -0.05) is 12.1 Å². The Kier molecular flexibility index (Phi) is 2.91. The molecule has 0 saturated heterocycles. The molecule has 1 heterocycles. The lowest BCUT2D eigenvalue weighted by Crippen LogP contribution is -1.97. The van der Waals surface area contributed by atoms with Gasteiger partial charge in [0.15, 0.2) is 11.6 Å². The molecular weight excluding hydrogens is 248 g/mol. The third-order valence-electron chi connectivity index (χ3n) is 2.86. The molecule has 0 aliphatic carbocycles. The molecule has 2 aromatic carbocycles. The van der Waals surface area contributed by atoms with Gasteiger partial charge in [0.25, 0.3) is 0 Å². The van der Waals surface area contributed by atoms with Gasteiger partial charge in [-0.3, -0.25) is 0 Å². The van der Waals surface area contributed by atoms with E-state index >= 15 is 0 Å². The predicted molar refractivity (Wildman–Crippen MR) is 69.0 cm³/mol. The van der Waals surface area contributed by atoms with Crippen molar-refractivity contribution in [3.8, 4) is 5.75 Å². The zero-order valence-corrected chi connectivity index (χ0v) is 9.99. The first kappa shape index (κ1) is 11.7. The number of H-pyrrole nitrogens is 1. The number of ether oxygens (including phenoxy) is 1. The fourth-order valence-corrected chi connectivity index (χ4v) is 1.95. The number of hydrogen-bond donors (Lipinski definition) is 1. The predicted octanol–water partition coefficient (Wildman–Crippen LogP) is 4.03. The van der Waals surface area contributed by atoms with E-state index in [2.05, 4.69) is 4.98 Å². The molecule has 1 N–H and O–H groups in total. The molecule has 0 radical (unpaired) electrons. The molecule has 4 heteroatoms. The molecule has 96 valence electrons. The molecule has 0 unspecified atom stereocenters. The average molecular weight is 259 g/mol. The highest BCUT2D eigenvalue weighted by molar-refractivity contribution is 5.80. The molecular formula is C15H11F2NO. The Balaban J connectivity index is 1.80. The lowest BCUT2D eigenvalue weighted by atomic mass is 10.2. The van der Waals surface area contributed by atoms with Crippen molar-refractivity contribution in [3.63, 3.8) is 0 Å². The standard InChI is InChI=1S/C15H11F2NO/c16-11-6-5-10-7-12(18-14(10)8-11)9-19-15-4-2-1-3-13(15)17/h1-8,18H,9H2. The van der Waals surface area contributed by atoms with Gasteiger partial charge in [-0.05, 0) is 41.8 Å². The Bertz CT molecular complexity index is 721.